The second-order valence-electron chi connectivity index (χ2n) is 7.78. The van der Waals surface area contributed by atoms with Crippen LogP contribution in [0.25, 0.3) is 5.76 Å². The lowest BCUT2D eigenvalue weighted by atomic mass is 9.95. The van der Waals surface area contributed by atoms with Crippen molar-refractivity contribution in [1.29, 1.82) is 0 Å². The van der Waals surface area contributed by atoms with Crippen molar-refractivity contribution in [3.63, 3.8) is 0 Å². The van der Waals surface area contributed by atoms with Gasteiger partial charge in [0.05, 0.1) is 31.4 Å². The Balaban J connectivity index is 1.98. The van der Waals surface area contributed by atoms with Gasteiger partial charge in [0, 0.05) is 18.1 Å². The van der Waals surface area contributed by atoms with Crippen molar-refractivity contribution >= 4 is 23.1 Å². The highest BCUT2D eigenvalue weighted by molar-refractivity contribution is 6.51. The van der Waals surface area contributed by atoms with Gasteiger partial charge in [0.2, 0.25) is 0 Å². The Labute approximate surface area is 191 Å². The van der Waals surface area contributed by atoms with Gasteiger partial charge in [0.15, 0.2) is 0 Å². The molecule has 1 N–H and O–H groups in total. The van der Waals surface area contributed by atoms with Gasteiger partial charge >= 0.3 is 0 Å². The molecule has 2 aromatic carbocycles. The quantitative estimate of drug-likeness (QED) is 0.358. The van der Waals surface area contributed by atoms with E-state index in [2.05, 4.69) is 4.98 Å². The standard InChI is InChI=1S/C26H24N2O5/c1-15-5-6-18(13-16(15)2)28-23(17-9-11-27-12-10-17)22(25(30)26(28)31)24(29)20-14-19(32-3)7-8-21(20)33-4/h5-14,23,29H,1-4H3/b24-22+. The number of ether oxygens (including phenoxy) is 2. The van der Waals surface area contributed by atoms with Crippen LogP contribution in [-0.4, -0.2) is 36.0 Å². The van der Waals surface area contributed by atoms with E-state index in [0.717, 1.165) is 11.1 Å². The van der Waals surface area contributed by atoms with E-state index in [1.807, 2.05) is 26.0 Å². The smallest absolute Gasteiger partial charge is 0.300 e. The summed E-state index contributed by atoms with van der Waals surface area (Å²) in [5.74, 6) is -1.02. The number of Topliss-reactive ketones (excluding diaryl/α,β-unsaturated/α-hetero) is 1. The van der Waals surface area contributed by atoms with Crippen molar-refractivity contribution in [2.45, 2.75) is 19.9 Å². The normalized spacial score (nSPS) is 17.3. The fraction of sp³-hybridized carbons (Fsp3) is 0.192. The minimum absolute atomic E-state index is 0.0315. The molecule has 0 radical (unpaired) electrons. The van der Waals surface area contributed by atoms with Crippen molar-refractivity contribution in [3.8, 4) is 11.5 Å². The number of hydrogen-bond acceptors (Lipinski definition) is 6. The summed E-state index contributed by atoms with van der Waals surface area (Å²) in [6, 6.07) is 13.1. The van der Waals surface area contributed by atoms with Crippen LogP contribution < -0.4 is 14.4 Å². The molecule has 1 atom stereocenters. The number of nitrogens with zero attached hydrogens (tertiary/aromatic N) is 2. The van der Waals surface area contributed by atoms with Gasteiger partial charge in [-0.3, -0.25) is 19.5 Å². The molecule has 1 aromatic heterocycles. The Kier molecular flexibility index (Phi) is 5.87. The zero-order chi connectivity index (χ0) is 23.7. The number of aliphatic hydroxyl groups is 1. The topological polar surface area (TPSA) is 89.0 Å². The number of aromatic nitrogens is 1. The summed E-state index contributed by atoms with van der Waals surface area (Å²) in [5.41, 5.74) is 3.49. The van der Waals surface area contributed by atoms with Gasteiger partial charge in [-0.15, -0.1) is 0 Å². The summed E-state index contributed by atoms with van der Waals surface area (Å²) < 4.78 is 10.7. The predicted molar refractivity (Wildman–Crippen MR) is 124 cm³/mol. The predicted octanol–water partition coefficient (Wildman–Crippen LogP) is 4.34. The first-order valence-electron chi connectivity index (χ1n) is 10.4. The van der Waals surface area contributed by atoms with Gasteiger partial charge in [-0.25, -0.2) is 0 Å². The van der Waals surface area contributed by atoms with E-state index >= 15 is 0 Å². The van der Waals surface area contributed by atoms with Crippen molar-refractivity contribution < 1.29 is 24.2 Å². The number of ketones is 1. The van der Waals surface area contributed by atoms with Gasteiger partial charge < -0.3 is 14.6 Å². The van der Waals surface area contributed by atoms with Gasteiger partial charge in [-0.05, 0) is 73.0 Å². The Morgan fingerprint density at radius 2 is 1.67 bits per heavy atom. The Morgan fingerprint density at radius 1 is 0.939 bits per heavy atom. The maximum absolute atomic E-state index is 13.3. The molecule has 4 rings (SSSR count). The maximum atomic E-state index is 13.3. The summed E-state index contributed by atoms with van der Waals surface area (Å²) in [4.78, 5) is 32.0. The van der Waals surface area contributed by atoms with Crippen LogP contribution in [-0.2, 0) is 9.59 Å². The van der Waals surface area contributed by atoms with E-state index in [1.54, 1.807) is 48.8 Å². The highest BCUT2D eigenvalue weighted by Gasteiger charge is 2.47. The summed E-state index contributed by atoms with van der Waals surface area (Å²) in [7, 11) is 2.97. The zero-order valence-electron chi connectivity index (χ0n) is 18.8. The van der Waals surface area contributed by atoms with E-state index in [4.69, 9.17) is 9.47 Å². The third kappa shape index (κ3) is 3.82. The molecule has 33 heavy (non-hydrogen) atoms. The molecule has 1 aliphatic heterocycles. The first kappa shape index (κ1) is 22.1. The van der Waals surface area contributed by atoms with Crippen LogP contribution in [0, 0.1) is 13.8 Å². The van der Waals surface area contributed by atoms with E-state index in [-0.39, 0.29) is 16.9 Å². The number of rotatable bonds is 5. The number of aryl methyl sites for hydroxylation is 2. The molecule has 0 spiro atoms. The molecule has 168 valence electrons. The Hall–Kier alpha value is -4.13. The average molecular weight is 444 g/mol. The zero-order valence-corrected chi connectivity index (χ0v) is 18.8. The summed E-state index contributed by atoms with van der Waals surface area (Å²) >= 11 is 0. The summed E-state index contributed by atoms with van der Waals surface area (Å²) in [5, 5.41) is 11.4. The second kappa shape index (κ2) is 8.78. The maximum Gasteiger partial charge on any atom is 0.300 e. The number of pyridine rings is 1. The third-order valence-corrected chi connectivity index (χ3v) is 5.90. The number of amides is 1. The number of carbonyl (C=O) groups excluding carboxylic acids is 2. The van der Waals surface area contributed by atoms with Crippen molar-refractivity contribution in [2.75, 3.05) is 19.1 Å². The molecule has 0 saturated carbocycles. The van der Waals surface area contributed by atoms with Crippen LogP contribution in [0.3, 0.4) is 0 Å². The molecule has 7 heteroatoms. The molecule has 7 nitrogen and oxygen atoms in total. The fourth-order valence-corrected chi connectivity index (χ4v) is 3.98. The number of anilines is 1. The number of methoxy groups -OCH3 is 2. The van der Waals surface area contributed by atoms with Crippen molar-refractivity contribution in [2.24, 2.45) is 0 Å². The first-order chi connectivity index (χ1) is 15.9. The molecule has 1 saturated heterocycles. The van der Waals surface area contributed by atoms with Gasteiger partial charge in [-0.2, -0.15) is 0 Å². The molecule has 3 aromatic rings. The number of carbonyl (C=O) groups is 2. The second-order valence-corrected chi connectivity index (χ2v) is 7.78. The lowest BCUT2D eigenvalue weighted by Gasteiger charge is -2.26. The van der Waals surface area contributed by atoms with Gasteiger partial charge in [0.1, 0.15) is 17.3 Å². The molecule has 0 bridgehead atoms. The van der Waals surface area contributed by atoms with Crippen molar-refractivity contribution in [1.82, 2.24) is 4.98 Å². The van der Waals surface area contributed by atoms with Crippen LogP contribution in [0.2, 0.25) is 0 Å². The molecule has 0 aliphatic carbocycles. The summed E-state index contributed by atoms with van der Waals surface area (Å²) in [6.45, 7) is 3.92. The minimum Gasteiger partial charge on any atom is -0.507 e. The third-order valence-electron chi connectivity index (χ3n) is 5.90. The lowest BCUT2D eigenvalue weighted by molar-refractivity contribution is -0.132. The molecule has 1 aliphatic rings. The largest absolute Gasteiger partial charge is 0.507 e. The van der Waals surface area contributed by atoms with Crippen LogP contribution in [0.4, 0.5) is 5.69 Å². The molecular weight excluding hydrogens is 420 g/mol. The number of hydrogen-bond donors (Lipinski definition) is 1. The van der Waals surface area contributed by atoms with E-state index in [1.165, 1.54) is 19.1 Å². The van der Waals surface area contributed by atoms with Crippen molar-refractivity contribution in [3.05, 3.63) is 88.8 Å². The fourth-order valence-electron chi connectivity index (χ4n) is 3.98. The van der Waals surface area contributed by atoms with Crippen LogP contribution in [0.5, 0.6) is 11.5 Å². The Morgan fingerprint density at radius 3 is 2.30 bits per heavy atom. The first-order valence-corrected chi connectivity index (χ1v) is 10.4. The lowest BCUT2D eigenvalue weighted by Crippen LogP contribution is -2.29. The van der Waals surface area contributed by atoms with E-state index < -0.39 is 17.7 Å². The van der Waals surface area contributed by atoms with Crippen LogP contribution >= 0.6 is 0 Å². The number of aliphatic hydroxyl groups excluding tert-OH is 1. The number of benzene rings is 2. The molecule has 1 amide bonds. The van der Waals surface area contributed by atoms with Gasteiger partial charge in [0.25, 0.3) is 11.7 Å². The Bertz CT molecular complexity index is 1270. The van der Waals surface area contributed by atoms with E-state index in [9.17, 15) is 14.7 Å². The molecule has 2 heterocycles. The summed E-state index contributed by atoms with van der Waals surface area (Å²) in [6.07, 6.45) is 3.17. The van der Waals surface area contributed by atoms with Crippen LogP contribution in [0.15, 0.2) is 66.5 Å². The highest BCUT2D eigenvalue weighted by Crippen LogP contribution is 2.43. The minimum atomic E-state index is -0.842. The molecular formula is C26H24N2O5. The molecule has 1 fully saturated rings. The SMILES string of the molecule is COc1ccc(OC)c(/C(O)=C2\C(=O)C(=O)N(c3ccc(C)c(C)c3)C2c2ccncc2)c1. The van der Waals surface area contributed by atoms with Gasteiger partial charge in [-0.1, -0.05) is 6.07 Å². The monoisotopic (exact) mass is 444 g/mol. The van der Waals surface area contributed by atoms with E-state index in [0.29, 0.717) is 22.7 Å². The molecule has 1 unspecified atom stereocenters. The average Bonchev–Trinajstić information content (AvgIpc) is 3.11. The highest BCUT2D eigenvalue weighted by atomic mass is 16.5. The van der Waals surface area contributed by atoms with Crippen LogP contribution in [0.1, 0.15) is 28.3 Å².